The summed E-state index contributed by atoms with van der Waals surface area (Å²) < 4.78 is 17.3. The lowest BCUT2D eigenvalue weighted by molar-refractivity contribution is -0.140. The standard InChI is InChI=1S/C12H23O4P/c1-3-12(10-13)4-7-17(15,8-5-12)9-6-16-11(2)14/h13H,3-10H2,1-2H3. The molecule has 17 heavy (non-hydrogen) atoms. The van der Waals surface area contributed by atoms with E-state index in [1.807, 2.05) is 0 Å². The van der Waals surface area contributed by atoms with Gasteiger partial charge in [-0.15, -0.1) is 0 Å². The van der Waals surface area contributed by atoms with E-state index in [1.54, 1.807) is 0 Å². The molecule has 0 aromatic carbocycles. The van der Waals surface area contributed by atoms with Crippen molar-refractivity contribution < 1.29 is 19.2 Å². The van der Waals surface area contributed by atoms with Gasteiger partial charge in [-0.3, -0.25) is 4.79 Å². The van der Waals surface area contributed by atoms with Crippen LogP contribution in [-0.2, 0) is 14.1 Å². The minimum atomic E-state index is -2.16. The zero-order valence-corrected chi connectivity index (χ0v) is 11.7. The average Bonchev–Trinajstić information content (AvgIpc) is 2.30. The van der Waals surface area contributed by atoms with Crippen molar-refractivity contribution in [2.24, 2.45) is 5.41 Å². The highest BCUT2D eigenvalue weighted by Crippen LogP contribution is 2.55. The summed E-state index contributed by atoms with van der Waals surface area (Å²) in [5.74, 6) is -0.313. The van der Waals surface area contributed by atoms with Crippen LogP contribution in [0.15, 0.2) is 0 Å². The van der Waals surface area contributed by atoms with E-state index in [9.17, 15) is 14.5 Å². The van der Waals surface area contributed by atoms with E-state index >= 15 is 0 Å². The van der Waals surface area contributed by atoms with Crippen molar-refractivity contribution >= 4 is 13.1 Å². The van der Waals surface area contributed by atoms with Crippen LogP contribution in [0.25, 0.3) is 0 Å². The first-order valence-corrected chi connectivity index (χ1v) is 8.53. The van der Waals surface area contributed by atoms with Crippen LogP contribution in [0.3, 0.4) is 0 Å². The number of hydrogen-bond acceptors (Lipinski definition) is 4. The Morgan fingerprint density at radius 2 is 2.00 bits per heavy atom. The molecule has 4 nitrogen and oxygen atoms in total. The SMILES string of the molecule is CCC1(CO)CCP(=O)(CCOC(C)=O)CC1. The summed E-state index contributed by atoms with van der Waals surface area (Å²) in [4.78, 5) is 10.6. The van der Waals surface area contributed by atoms with Gasteiger partial charge in [0, 0.05) is 32.0 Å². The van der Waals surface area contributed by atoms with Crippen molar-refractivity contribution in [1.82, 2.24) is 0 Å². The molecule has 0 aromatic rings. The predicted octanol–water partition coefficient (Wildman–Crippen LogP) is 2.10. The number of carbonyl (C=O) groups excluding carboxylic acids is 1. The van der Waals surface area contributed by atoms with Crippen LogP contribution in [0.5, 0.6) is 0 Å². The maximum Gasteiger partial charge on any atom is 0.302 e. The van der Waals surface area contributed by atoms with E-state index in [-0.39, 0.29) is 24.6 Å². The minimum absolute atomic E-state index is 0.0185. The summed E-state index contributed by atoms with van der Waals surface area (Å²) in [5, 5.41) is 9.40. The molecule has 1 saturated heterocycles. The van der Waals surface area contributed by atoms with E-state index in [4.69, 9.17) is 4.74 Å². The van der Waals surface area contributed by atoms with Crippen molar-refractivity contribution in [3.63, 3.8) is 0 Å². The molecule has 0 aromatic heterocycles. The molecule has 1 aliphatic rings. The fraction of sp³-hybridized carbons (Fsp3) is 0.917. The normalized spacial score (nSPS) is 33.4. The Hall–Kier alpha value is -0.340. The topological polar surface area (TPSA) is 63.6 Å². The Morgan fingerprint density at radius 3 is 2.41 bits per heavy atom. The van der Waals surface area contributed by atoms with Crippen LogP contribution in [0, 0.1) is 5.41 Å². The summed E-state index contributed by atoms with van der Waals surface area (Å²) >= 11 is 0. The van der Waals surface area contributed by atoms with Gasteiger partial charge in [0.1, 0.15) is 0 Å². The third kappa shape index (κ3) is 4.11. The molecule has 0 spiro atoms. The highest BCUT2D eigenvalue weighted by Gasteiger charge is 2.38. The fourth-order valence-corrected chi connectivity index (χ4v) is 5.18. The molecule has 0 amide bonds. The Labute approximate surface area is 103 Å². The van der Waals surface area contributed by atoms with E-state index in [1.165, 1.54) is 6.92 Å². The molecule has 1 fully saturated rings. The number of hydrogen-bond donors (Lipinski definition) is 1. The molecule has 100 valence electrons. The second kappa shape index (κ2) is 6.01. The highest BCUT2D eigenvalue weighted by atomic mass is 31.2. The highest BCUT2D eigenvalue weighted by molar-refractivity contribution is 7.64. The zero-order valence-electron chi connectivity index (χ0n) is 10.8. The van der Waals surface area contributed by atoms with Crippen LogP contribution >= 0.6 is 7.14 Å². The van der Waals surface area contributed by atoms with Crippen LogP contribution in [0.2, 0.25) is 0 Å². The number of carbonyl (C=O) groups is 1. The Bertz CT molecular complexity index is 296. The molecule has 1 N–H and O–H groups in total. The lowest BCUT2D eigenvalue weighted by atomic mass is 9.80. The van der Waals surface area contributed by atoms with Gasteiger partial charge in [0.25, 0.3) is 0 Å². The van der Waals surface area contributed by atoms with Crippen molar-refractivity contribution in [1.29, 1.82) is 0 Å². The Morgan fingerprint density at radius 1 is 1.41 bits per heavy atom. The maximum atomic E-state index is 12.5. The first-order chi connectivity index (χ1) is 7.95. The third-order valence-corrected chi connectivity index (χ3v) is 7.06. The van der Waals surface area contributed by atoms with Crippen LogP contribution < -0.4 is 0 Å². The van der Waals surface area contributed by atoms with Crippen molar-refractivity contribution in [3.05, 3.63) is 0 Å². The monoisotopic (exact) mass is 262 g/mol. The Balaban J connectivity index is 2.43. The lowest BCUT2D eigenvalue weighted by Crippen LogP contribution is -2.32. The van der Waals surface area contributed by atoms with Gasteiger partial charge in [0.05, 0.1) is 13.7 Å². The van der Waals surface area contributed by atoms with Gasteiger partial charge >= 0.3 is 5.97 Å². The van der Waals surface area contributed by atoms with E-state index in [2.05, 4.69) is 6.92 Å². The second-order valence-corrected chi connectivity index (χ2v) is 8.54. The maximum absolute atomic E-state index is 12.5. The summed E-state index contributed by atoms with van der Waals surface area (Å²) in [6.45, 7) is 3.90. The number of ether oxygens (including phenoxy) is 1. The molecule has 0 aliphatic carbocycles. The summed E-state index contributed by atoms with van der Waals surface area (Å²) in [7, 11) is -2.16. The van der Waals surface area contributed by atoms with Gasteiger partial charge in [-0.2, -0.15) is 0 Å². The molecule has 0 saturated carbocycles. The lowest BCUT2D eigenvalue weighted by Gasteiger charge is -2.38. The van der Waals surface area contributed by atoms with Gasteiger partial charge in [0.15, 0.2) is 0 Å². The molecule has 5 heteroatoms. The average molecular weight is 262 g/mol. The molecule has 0 unspecified atom stereocenters. The quantitative estimate of drug-likeness (QED) is 0.608. The van der Waals surface area contributed by atoms with Gasteiger partial charge in [-0.05, 0) is 24.7 Å². The van der Waals surface area contributed by atoms with Gasteiger partial charge in [-0.25, -0.2) is 0 Å². The van der Waals surface area contributed by atoms with E-state index in [0.29, 0.717) is 18.5 Å². The van der Waals surface area contributed by atoms with Crippen molar-refractivity contribution in [2.75, 3.05) is 31.7 Å². The van der Waals surface area contributed by atoms with Crippen LogP contribution in [0.4, 0.5) is 0 Å². The second-order valence-electron chi connectivity index (χ2n) is 5.08. The van der Waals surface area contributed by atoms with E-state index in [0.717, 1.165) is 19.3 Å². The number of aliphatic hydroxyl groups is 1. The van der Waals surface area contributed by atoms with Crippen molar-refractivity contribution in [3.8, 4) is 0 Å². The van der Waals surface area contributed by atoms with Gasteiger partial charge < -0.3 is 14.4 Å². The first-order valence-electron chi connectivity index (χ1n) is 6.27. The Kier molecular flexibility index (Phi) is 5.21. The number of aliphatic hydroxyl groups excluding tert-OH is 1. The molecule has 1 aliphatic heterocycles. The zero-order chi connectivity index (χ0) is 12.9. The number of esters is 1. The molecule has 1 rings (SSSR count). The molecule has 0 bridgehead atoms. The predicted molar refractivity (Wildman–Crippen MR) is 67.9 cm³/mol. The van der Waals surface area contributed by atoms with E-state index < -0.39 is 7.14 Å². The molecule has 0 radical (unpaired) electrons. The first kappa shape index (κ1) is 14.7. The molecule has 1 heterocycles. The summed E-state index contributed by atoms with van der Waals surface area (Å²) in [6.07, 6.45) is 4.46. The summed E-state index contributed by atoms with van der Waals surface area (Å²) in [5.41, 5.74) is -0.0185. The molecule has 0 atom stereocenters. The van der Waals surface area contributed by atoms with Crippen LogP contribution in [0.1, 0.15) is 33.1 Å². The third-order valence-electron chi connectivity index (χ3n) is 3.99. The molecular formula is C12H23O4P. The largest absolute Gasteiger partial charge is 0.465 e. The number of rotatable bonds is 5. The molecular weight excluding hydrogens is 239 g/mol. The fourth-order valence-electron chi connectivity index (χ4n) is 2.32. The van der Waals surface area contributed by atoms with Crippen LogP contribution in [-0.4, -0.2) is 42.8 Å². The minimum Gasteiger partial charge on any atom is -0.465 e. The van der Waals surface area contributed by atoms with Gasteiger partial charge in [-0.1, -0.05) is 6.92 Å². The summed E-state index contributed by atoms with van der Waals surface area (Å²) in [6, 6.07) is 0. The smallest absolute Gasteiger partial charge is 0.302 e. The van der Waals surface area contributed by atoms with Gasteiger partial charge in [0.2, 0.25) is 0 Å². The van der Waals surface area contributed by atoms with Crippen molar-refractivity contribution in [2.45, 2.75) is 33.1 Å².